The standard InChI is InChI=1S/C20H32FN/c21-15-5-3-1-2-4-6-17-7-11-19(12-8-17)20-13-9-18(16-22)10-14-20/h5,15,17-20H,1-4,6-14H2/b15-5+. The minimum absolute atomic E-state index is 0.347. The van der Waals surface area contributed by atoms with Crippen LogP contribution in [0.4, 0.5) is 4.39 Å². The molecule has 0 aromatic heterocycles. The molecule has 1 nitrogen and oxygen atoms in total. The number of halogens is 1. The summed E-state index contributed by atoms with van der Waals surface area (Å²) in [4.78, 5) is 0. The average Bonchev–Trinajstić information content (AvgIpc) is 2.59. The molecule has 0 spiro atoms. The van der Waals surface area contributed by atoms with E-state index in [1.807, 2.05) is 0 Å². The number of allylic oxidation sites excluding steroid dienone is 1. The molecule has 0 aliphatic heterocycles. The maximum atomic E-state index is 11.8. The molecule has 0 amide bonds. The molecule has 0 atom stereocenters. The van der Waals surface area contributed by atoms with Crippen molar-refractivity contribution in [2.24, 2.45) is 23.7 Å². The highest BCUT2D eigenvalue weighted by atomic mass is 19.1. The van der Waals surface area contributed by atoms with E-state index in [9.17, 15) is 4.39 Å². The summed E-state index contributed by atoms with van der Waals surface area (Å²) >= 11 is 0. The highest BCUT2D eigenvalue weighted by molar-refractivity contribution is 4.89. The molecule has 2 aliphatic carbocycles. The number of nitrogens with zero attached hydrogens (tertiary/aromatic N) is 1. The monoisotopic (exact) mass is 305 g/mol. The van der Waals surface area contributed by atoms with Crippen molar-refractivity contribution < 1.29 is 4.39 Å². The van der Waals surface area contributed by atoms with Crippen LogP contribution >= 0.6 is 0 Å². The summed E-state index contributed by atoms with van der Waals surface area (Å²) in [5, 5.41) is 9.00. The van der Waals surface area contributed by atoms with Gasteiger partial charge in [0.1, 0.15) is 0 Å². The van der Waals surface area contributed by atoms with Gasteiger partial charge in [-0.1, -0.05) is 38.2 Å². The van der Waals surface area contributed by atoms with Crippen molar-refractivity contribution in [3.05, 3.63) is 12.4 Å². The van der Waals surface area contributed by atoms with Gasteiger partial charge in [0, 0.05) is 5.92 Å². The van der Waals surface area contributed by atoms with Gasteiger partial charge in [0.15, 0.2) is 0 Å². The zero-order valence-electron chi connectivity index (χ0n) is 14.0. The van der Waals surface area contributed by atoms with Crippen LogP contribution in [0.15, 0.2) is 12.4 Å². The average molecular weight is 305 g/mol. The number of hydrogen-bond acceptors (Lipinski definition) is 1. The van der Waals surface area contributed by atoms with Crippen LogP contribution in [0, 0.1) is 35.0 Å². The van der Waals surface area contributed by atoms with Crippen LogP contribution in [0.2, 0.25) is 0 Å². The molecule has 2 rings (SSSR count). The summed E-state index contributed by atoms with van der Waals surface area (Å²) in [6, 6.07) is 2.45. The van der Waals surface area contributed by atoms with Crippen LogP contribution in [0.1, 0.15) is 83.5 Å². The van der Waals surface area contributed by atoms with Crippen molar-refractivity contribution in [1.29, 1.82) is 5.26 Å². The van der Waals surface area contributed by atoms with Crippen LogP contribution in [-0.4, -0.2) is 0 Å². The van der Waals surface area contributed by atoms with Crippen LogP contribution in [0.25, 0.3) is 0 Å². The summed E-state index contributed by atoms with van der Waals surface area (Å²) in [7, 11) is 0. The zero-order chi connectivity index (χ0) is 15.6. The topological polar surface area (TPSA) is 23.8 Å². The van der Waals surface area contributed by atoms with Crippen molar-refractivity contribution in [3.8, 4) is 6.07 Å². The van der Waals surface area contributed by atoms with E-state index in [-0.39, 0.29) is 0 Å². The number of hydrogen-bond donors (Lipinski definition) is 0. The lowest BCUT2D eigenvalue weighted by molar-refractivity contribution is 0.152. The van der Waals surface area contributed by atoms with E-state index in [2.05, 4.69) is 6.07 Å². The molecule has 2 aliphatic rings. The number of unbranched alkanes of at least 4 members (excludes halogenated alkanes) is 3. The maximum Gasteiger partial charge on any atom is 0.0827 e. The fraction of sp³-hybridized carbons (Fsp3) is 0.850. The first-order valence-corrected chi connectivity index (χ1v) is 9.48. The van der Waals surface area contributed by atoms with Crippen molar-refractivity contribution in [1.82, 2.24) is 0 Å². The van der Waals surface area contributed by atoms with Crippen molar-refractivity contribution in [2.75, 3.05) is 0 Å². The van der Waals surface area contributed by atoms with E-state index in [1.165, 1.54) is 57.8 Å². The van der Waals surface area contributed by atoms with Gasteiger partial charge in [0.2, 0.25) is 0 Å². The normalized spacial score (nSPS) is 32.9. The van der Waals surface area contributed by atoms with E-state index in [1.54, 1.807) is 6.08 Å². The molecule has 2 saturated carbocycles. The molecule has 0 unspecified atom stereocenters. The molecule has 124 valence electrons. The molecule has 0 heterocycles. The zero-order valence-corrected chi connectivity index (χ0v) is 14.0. The third kappa shape index (κ3) is 5.75. The van der Waals surface area contributed by atoms with Crippen LogP contribution < -0.4 is 0 Å². The lowest BCUT2D eigenvalue weighted by Crippen LogP contribution is -2.25. The second-order valence-electron chi connectivity index (χ2n) is 7.52. The third-order valence-corrected chi connectivity index (χ3v) is 6.08. The molecule has 2 heteroatoms. The molecule has 0 radical (unpaired) electrons. The van der Waals surface area contributed by atoms with E-state index >= 15 is 0 Å². The predicted octanol–water partition coefficient (Wildman–Crippen LogP) is 6.56. The van der Waals surface area contributed by atoms with Gasteiger partial charge in [-0.15, -0.1) is 0 Å². The largest absolute Gasteiger partial charge is 0.216 e. The Kier molecular flexibility index (Phi) is 7.99. The van der Waals surface area contributed by atoms with Gasteiger partial charge < -0.3 is 0 Å². The Morgan fingerprint density at radius 3 is 2.09 bits per heavy atom. The maximum absolute atomic E-state index is 11.8. The minimum Gasteiger partial charge on any atom is -0.216 e. The molecular formula is C20H32FN. The SMILES string of the molecule is N#CC1CCC(C2CCC(CCCCC/C=C/F)CC2)CC1. The summed E-state index contributed by atoms with van der Waals surface area (Å²) in [5.74, 6) is 3.16. The van der Waals surface area contributed by atoms with Crippen LogP contribution in [0.3, 0.4) is 0 Å². The summed E-state index contributed by atoms with van der Waals surface area (Å²) in [5.41, 5.74) is 0. The summed E-state index contributed by atoms with van der Waals surface area (Å²) in [6.45, 7) is 0. The first kappa shape index (κ1) is 17.5. The second-order valence-corrected chi connectivity index (χ2v) is 7.52. The van der Waals surface area contributed by atoms with E-state index in [4.69, 9.17) is 5.26 Å². The molecule has 0 saturated heterocycles. The van der Waals surface area contributed by atoms with E-state index in [0.29, 0.717) is 12.2 Å². The van der Waals surface area contributed by atoms with Gasteiger partial charge in [0.05, 0.1) is 12.4 Å². The Morgan fingerprint density at radius 1 is 0.864 bits per heavy atom. The minimum atomic E-state index is 0.347. The quantitative estimate of drug-likeness (QED) is 0.489. The summed E-state index contributed by atoms with van der Waals surface area (Å²) < 4.78 is 11.8. The Balaban J connectivity index is 1.55. The van der Waals surface area contributed by atoms with Gasteiger partial charge in [-0.2, -0.15) is 5.26 Å². The van der Waals surface area contributed by atoms with Gasteiger partial charge in [-0.3, -0.25) is 0 Å². The van der Waals surface area contributed by atoms with Crippen molar-refractivity contribution >= 4 is 0 Å². The number of nitriles is 1. The van der Waals surface area contributed by atoms with Gasteiger partial charge in [-0.05, 0) is 69.1 Å². The van der Waals surface area contributed by atoms with E-state index < -0.39 is 0 Å². The molecule has 2 fully saturated rings. The van der Waals surface area contributed by atoms with E-state index in [0.717, 1.165) is 43.4 Å². The van der Waals surface area contributed by atoms with Gasteiger partial charge >= 0.3 is 0 Å². The van der Waals surface area contributed by atoms with Gasteiger partial charge in [-0.25, -0.2) is 4.39 Å². The van der Waals surface area contributed by atoms with Crippen molar-refractivity contribution in [3.63, 3.8) is 0 Å². The Labute approximate surface area is 136 Å². The molecule has 0 bridgehead atoms. The molecule has 22 heavy (non-hydrogen) atoms. The number of rotatable bonds is 7. The lowest BCUT2D eigenvalue weighted by Gasteiger charge is -2.36. The molecular weight excluding hydrogens is 273 g/mol. The Morgan fingerprint density at radius 2 is 1.50 bits per heavy atom. The fourth-order valence-electron chi connectivity index (χ4n) is 4.60. The molecule has 0 aromatic carbocycles. The lowest BCUT2D eigenvalue weighted by atomic mass is 9.69. The summed E-state index contributed by atoms with van der Waals surface area (Å²) in [6.07, 6.45) is 18.9. The highest BCUT2D eigenvalue weighted by Crippen LogP contribution is 2.42. The Bertz CT molecular complexity index is 354. The Hall–Kier alpha value is -0.840. The third-order valence-electron chi connectivity index (χ3n) is 6.08. The smallest absolute Gasteiger partial charge is 0.0827 e. The van der Waals surface area contributed by atoms with Crippen molar-refractivity contribution in [2.45, 2.75) is 83.5 Å². The fourth-order valence-corrected chi connectivity index (χ4v) is 4.60. The van der Waals surface area contributed by atoms with Crippen LogP contribution in [0.5, 0.6) is 0 Å². The van der Waals surface area contributed by atoms with Crippen LogP contribution in [-0.2, 0) is 0 Å². The molecule has 0 aromatic rings. The first-order valence-electron chi connectivity index (χ1n) is 9.48. The predicted molar refractivity (Wildman–Crippen MR) is 89.8 cm³/mol. The highest BCUT2D eigenvalue weighted by Gasteiger charge is 2.30. The van der Waals surface area contributed by atoms with Gasteiger partial charge in [0.25, 0.3) is 0 Å². The first-order chi connectivity index (χ1) is 10.8. The molecule has 0 N–H and O–H groups in total. The second kappa shape index (κ2) is 10.0.